The van der Waals surface area contributed by atoms with Crippen LogP contribution in [0.1, 0.15) is 35.8 Å². The number of benzene rings is 1. The lowest BCUT2D eigenvalue weighted by Gasteiger charge is -2.32. The second-order valence-electron chi connectivity index (χ2n) is 9.00. The third kappa shape index (κ3) is 4.00. The molecule has 2 fully saturated rings. The number of piperazine rings is 1. The molecule has 2 aliphatic rings. The number of nitrogens with zero attached hydrogens (tertiary/aromatic N) is 4. The van der Waals surface area contributed by atoms with Crippen molar-refractivity contribution in [1.82, 2.24) is 25.2 Å². The maximum atomic E-state index is 13.3. The summed E-state index contributed by atoms with van der Waals surface area (Å²) in [5.41, 5.74) is 2.64. The third-order valence-electron chi connectivity index (χ3n) is 6.80. The minimum absolute atomic E-state index is 0.0581. The van der Waals surface area contributed by atoms with Crippen LogP contribution >= 0.6 is 0 Å². The molecule has 0 bridgehead atoms. The molecule has 9 nitrogen and oxygen atoms in total. The van der Waals surface area contributed by atoms with Gasteiger partial charge >= 0.3 is 0 Å². The number of hydrogen-bond acceptors (Lipinski definition) is 5. The van der Waals surface area contributed by atoms with Gasteiger partial charge in [0.05, 0.1) is 30.8 Å². The molecule has 3 N–H and O–H groups in total. The van der Waals surface area contributed by atoms with Gasteiger partial charge in [0.15, 0.2) is 6.04 Å². The minimum Gasteiger partial charge on any atom is -0.376 e. The fraction of sp³-hybridized carbons (Fsp3) is 0.545. The van der Waals surface area contributed by atoms with E-state index < -0.39 is 0 Å². The van der Waals surface area contributed by atoms with E-state index in [2.05, 4.69) is 33.6 Å². The molecule has 9 heteroatoms. The summed E-state index contributed by atoms with van der Waals surface area (Å²) < 4.78 is 7.69. The first-order valence-corrected chi connectivity index (χ1v) is 11.3. The number of rotatable bonds is 5. The van der Waals surface area contributed by atoms with Crippen LogP contribution in [0.2, 0.25) is 0 Å². The Bertz CT molecular complexity index is 1110. The molecule has 2 aromatic heterocycles. The van der Waals surface area contributed by atoms with Crippen LogP contribution in [0.5, 0.6) is 0 Å². The normalized spacial score (nSPS) is 25.2. The number of H-pyrrole nitrogens is 1. The Labute approximate surface area is 181 Å². The van der Waals surface area contributed by atoms with Gasteiger partial charge in [-0.1, -0.05) is 18.2 Å². The number of tetrazole rings is 1. The van der Waals surface area contributed by atoms with Gasteiger partial charge in [0.2, 0.25) is 5.82 Å². The molecular weight excluding hydrogens is 394 g/mol. The van der Waals surface area contributed by atoms with E-state index in [9.17, 15) is 4.79 Å². The maximum absolute atomic E-state index is 13.3. The number of para-hydroxylation sites is 1. The maximum Gasteiger partial charge on any atom is 0.258 e. The third-order valence-corrected chi connectivity index (χ3v) is 6.80. The van der Waals surface area contributed by atoms with Gasteiger partial charge in [-0.2, -0.15) is 0 Å². The number of ether oxygens (including phenoxy) is 1. The standard InChI is InChI=1S/C22H29N7O2/c1-15-5-3-6-16-13-18(22(30)23-19(15)16)20(28-10-8-27(2)9-11-28)21-24-25-26-29(21)14-17-7-4-12-31-17/h3,5-6,13,17,20H,4,7-12,14H2,1-2H3,(H,23,30)/p+2/t17-,20+/m0/s1. The average molecular weight is 426 g/mol. The molecule has 164 valence electrons. The summed E-state index contributed by atoms with van der Waals surface area (Å²) in [6, 6.07) is 7.93. The van der Waals surface area contributed by atoms with Crippen molar-refractivity contribution in [1.29, 1.82) is 0 Å². The highest BCUT2D eigenvalue weighted by Gasteiger charge is 2.37. The van der Waals surface area contributed by atoms with Crippen molar-refractivity contribution >= 4 is 10.9 Å². The fourth-order valence-corrected chi connectivity index (χ4v) is 4.97. The molecular formula is C22H31N7O2+2. The number of aromatic nitrogens is 5. The Morgan fingerprint density at radius 3 is 2.90 bits per heavy atom. The predicted molar refractivity (Wildman–Crippen MR) is 115 cm³/mol. The topological polar surface area (TPSA) is 94.6 Å². The molecule has 2 aliphatic heterocycles. The van der Waals surface area contributed by atoms with E-state index in [1.54, 1.807) is 0 Å². The second-order valence-corrected chi connectivity index (χ2v) is 9.00. The minimum atomic E-state index is -0.210. The van der Waals surface area contributed by atoms with Crippen LogP contribution in [0.4, 0.5) is 0 Å². The zero-order chi connectivity index (χ0) is 21.4. The predicted octanol–water partition coefficient (Wildman–Crippen LogP) is -1.50. The van der Waals surface area contributed by atoms with Gasteiger partial charge < -0.3 is 19.5 Å². The van der Waals surface area contributed by atoms with Gasteiger partial charge in [-0.3, -0.25) is 4.79 Å². The number of pyridine rings is 1. The van der Waals surface area contributed by atoms with Gasteiger partial charge in [-0.05, 0) is 47.2 Å². The Kier molecular flexibility index (Phi) is 5.56. The highest BCUT2D eigenvalue weighted by molar-refractivity contribution is 5.82. The zero-order valence-electron chi connectivity index (χ0n) is 18.2. The molecule has 2 atom stereocenters. The van der Waals surface area contributed by atoms with Crippen molar-refractivity contribution in [3.63, 3.8) is 0 Å². The summed E-state index contributed by atoms with van der Waals surface area (Å²) in [6.07, 6.45) is 2.22. The zero-order valence-corrected chi connectivity index (χ0v) is 18.2. The van der Waals surface area contributed by atoms with Crippen molar-refractivity contribution in [3.05, 3.63) is 51.6 Å². The number of quaternary nitrogens is 2. The Hall–Kier alpha value is -2.62. The highest BCUT2D eigenvalue weighted by atomic mass is 16.5. The van der Waals surface area contributed by atoms with Gasteiger partial charge in [-0.15, -0.1) is 5.10 Å². The van der Waals surface area contributed by atoms with Crippen LogP contribution in [-0.2, 0) is 11.3 Å². The Morgan fingerprint density at radius 2 is 2.13 bits per heavy atom. The van der Waals surface area contributed by atoms with Crippen LogP contribution < -0.4 is 15.4 Å². The van der Waals surface area contributed by atoms with Gasteiger partial charge in [-0.25, -0.2) is 4.68 Å². The van der Waals surface area contributed by atoms with Crippen LogP contribution in [0.25, 0.3) is 10.9 Å². The van der Waals surface area contributed by atoms with E-state index in [4.69, 9.17) is 4.74 Å². The second kappa shape index (κ2) is 8.49. The van der Waals surface area contributed by atoms with Gasteiger partial charge in [0.25, 0.3) is 5.56 Å². The van der Waals surface area contributed by atoms with Crippen molar-refractivity contribution in [2.45, 2.75) is 38.5 Å². The van der Waals surface area contributed by atoms with E-state index >= 15 is 0 Å². The summed E-state index contributed by atoms with van der Waals surface area (Å²) in [7, 11) is 2.22. The van der Waals surface area contributed by atoms with E-state index in [1.165, 1.54) is 9.80 Å². The molecule has 4 heterocycles. The molecule has 0 spiro atoms. The first-order chi connectivity index (χ1) is 15.1. The average Bonchev–Trinajstić information content (AvgIpc) is 3.44. The van der Waals surface area contributed by atoms with Crippen LogP contribution in [0.15, 0.2) is 29.1 Å². The molecule has 3 aromatic rings. The highest BCUT2D eigenvalue weighted by Crippen LogP contribution is 2.21. The fourth-order valence-electron chi connectivity index (χ4n) is 4.97. The van der Waals surface area contributed by atoms with Crippen molar-refractivity contribution in [3.8, 4) is 0 Å². The molecule has 0 saturated carbocycles. The van der Waals surface area contributed by atoms with Gasteiger partial charge in [0.1, 0.15) is 26.2 Å². The summed E-state index contributed by atoms with van der Waals surface area (Å²) in [5, 5.41) is 13.8. The van der Waals surface area contributed by atoms with Crippen LogP contribution in [0, 0.1) is 6.92 Å². The summed E-state index contributed by atoms with van der Waals surface area (Å²) in [5.74, 6) is 0.752. The first kappa shape index (κ1) is 20.3. The number of hydrogen-bond donors (Lipinski definition) is 3. The summed E-state index contributed by atoms with van der Waals surface area (Å²) in [6.45, 7) is 7.49. The molecule has 31 heavy (non-hydrogen) atoms. The summed E-state index contributed by atoms with van der Waals surface area (Å²) >= 11 is 0. The monoisotopic (exact) mass is 425 g/mol. The lowest BCUT2D eigenvalue weighted by Crippen LogP contribution is -3.27. The van der Waals surface area contributed by atoms with Crippen LogP contribution in [0.3, 0.4) is 0 Å². The molecule has 5 rings (SSSR count). The molecule has 0 radical (unpaired) electrons. The Morgan fingerprint density at radius 1 is 1.29 bits per heavy atom. The van der Waals surface area contributed by atoms with E-state index in [0.29, 0.717) is 6.54 Å². The number of fused-ring (bicyclic) bond motifs is 1. The SMILES string of the molecule is Cc1cccc2cc([C@H](c3nnnn3C[C@@H]3CCCO3)[NH+]3CC[NH+](C)CC3)c(=O)[nH]c12. The molecule has 1 aromatic carbocycles. The summed E-state index contributed by atoms with van der Waals surface area (Å²) in [4.78, 5) is 19.3. The van der Waals surface area contributed by atoms with Gasteiger partial charge in [0, 0.05) is 6.61 Å². The van der Waals surface area contributed by atoms with Crippen LogP contribution in [-0.4, -0.2) is 71.1 Å². The number of likely N-dealkylation sites (N-methyl/N-ethyl adjacent to an activating group) is 1. The molecule has 0 aliphatic carbocycles. The van der Waals surface area contributed by atoms with Crippen molar-refractivity contribution in [2.24, 2.45) is 0 Å². The quantitative estimate of drug-likeness (QED) is 0.463. The molecule has 0 unspecified atom stereocenters. The van der Waals surface area contributed by atoms with E-state index in [0.717, 1.165) is 73.5 Å². The lowest BCUT2D eigenvalue weighted by molar-refractivity contribution is -1.02. The smallest absolute Gasteiger partial charge is 0.258 e. The number of aromatic amines is 1. The number of nitrogens with one attached hydrogen (secondary N) is 3. The molecule has 0 amide bonds. The van der Waals surface area contributed by atoms with Crippen molar-refractivity contribution < 1.29 is 14.5 Å². The largest absolute Gasteiger partial charge is 0.376 e. The van der Waals surface area contributed by atoms with E-state index in [-0.39, 0.29) is 17.7 Å². The lowest BCUT2D eigenvalue weighted by atomic mass is 10.0. The molecule has 2 saturated heterocycles. The Balaban J connectivity index is 1.59. The van der Waals surface area contributed by atoms with Crippen molar-refractivity contribution in [2.75, 3.05) is 39.8 Å². The first-order valence-electron chi connectivity index (χ1n) is 11.3. The van der Waals surface area contributed by atoms with E-state index in [1.807, 2.05) is 29.8 Å². The number of aryl methyl sites for hydroxylation is 1.